The molecule has 0 saturated heterocycles. The number of anilines is 1. The molecule has 0 aliphatic rings. The number of benzene rings is 1. The Morgan fingerprint density at radius 1 is 1.12 bits per heavy atom. The predicted molar refractivity (Wildman–Crippen MR) is 79.0 cm³/mol. The van der Waals surface area contributed by atoms with Gasteiger partial charge in [0.05, 0.1) is 0 Å². The Labute approximate surface area is 107 Å². The van der Waals surface area contributed by atoms with Crippen LogP contribution in [0.3, 0.4) is 0 Å². The van der Waals surface area contributed by atoms with Crippen LogP contribution in [-0.4, -0.2) is 26.2 Å². The van der Waals surface area contributed by atoms with E-state index in [1.54, 1.807) is 0 Å². The predicted octanol–water partition coefficient (Wildman–Crippen LogP) is 3.46. The summed E-state index contributed by atoms with van der Waals surface area (Å²) in [6.45, 7) is 14.8. The molecule has 0 amide bonds. The van der Waals surface area contributed by atoms with Crippen LogP contribution in [0.15, 0.2) is 24.3 Å². The van der Waals surface area contributed by atoms with Crippen LogP contribution in [0.4, 0.5) is 5.69 Å². The van der Waals surface area contributed by atoms with Crippen LogP contribution in [0.1, 0.15) is 33.3 Å². The summed E-state index contributed by atoms with van der Waals surface area (Å²) in [5.74, 6) is 0. The molecule has 1 aromatic carbocycles. The standard InChI is InChI=1S/C13H22N2.C2H6/c1-4-14-10-11-15(5-2)13-9-7-6-8-12(13)3;1-2/h6-9,14H,4-5,10-11H2,1-3H3;1-2H3. The van der Waals surface area contributed by atoms with Gasteiger partial charge in [-0.3, -0.25) is 0 Å². The van der Waals surface area contributed by atoms with Gasteiger partial charge in [-0.15, -0.1) is 0 Å². The van der Waals surface area contributed by atoms with E-state index in [-0.39, 0.29) is 0 Å². The van der Waals surface area contributed by atoms with Crippen molar-refractivity contribution in [2.24, 2.45) is 0 Å². The molecule has 0 saturated carbocycles. The number of hydrogen-bond donors (Lipinski definition) is 1. The van der Waals surface area contributed by atoms with Crippen molar-refractivity contribution in [1.82, 2.24) is 5.32 Å². The summed E-state index contributed by atoms with van der Waals surface area (Å²) in [5, 5.41) is 3.36. The molecule has 0 bridgehead atoms. The number of aryl methyl sites for hydroxylation is 1. The number of nitrogens with one attached hydrogen (secondary N) is 1. The maximum Gasteiger partial charge on any atom is 0.0396 e. The topological polar surface area (TPSA) is 15.3 Å². The molecule has 2 nitrogen and oxygen atoms in total. The monoisotopic (exact) mass is 236 g/mol. The summed E-state index contributed by atoms with van der Waals surface area (Å²) < 4.78 is 0. The fraction of sp³-hybridized carbons (Fsp3) is 0.600. The highest BCUT2D eigenvalue weighted by atomic mass is 15.1. The van der Waals surface area contributed by atoms with Crippen LogP contribution in [0.5, 0.6) is 0 Å². The second-order valence-corrected chi connectivity index (χ2v) is 3.72. The Kier molecular flexibility index (Phi) is 9.55. The lowest BCUT2D eigenvalue weighted by atomic mass is 10.2. The van der Waals surface area contributed by atoms with Gasteiger partial charge in [0.1, 0.15) is 0 Å². The van der Waals surface area contributed by atoms with E-state index in [2.05, 4.69) is 55.3 Å². The van der Waals surface area contributed by atoms with E-state index >= 15 is 0 Å². The van der Waals surface area contributed by atoms with Crippen LogP contribution in [0.2, 0.25) is 0 Å². The molecule has 0 spiro atoms. The average Bonchev–Trinajstić information content (AvgIpc) is 2.38. The lowest BCUT2D eigenvalue weighted by Crippen LogP contribution is -2.32. The first-order chi connectivity index (χ1) is 8.29. The summed E-state index contributed by atoms with van der Waals surface area (Å²) >= 11 is 0. The molecule has 0 aliphatic carbocycles. The van der Waals surface area contributed by atoms with Gasteiger partial charge < -0.3 is 10.2 Å². The van der Waals surface area contributed by atoms with Crippen molar-refractivity contribution in [3.05, 3.63) is 29.8 Å². The Morgan fingerprint density at radius 2 is 1.76 bits per heavy atom. The quantitative estimate of drug-likeness (QED) is 0.761. The highest BCUT2D eigenvalue weighted by Gasteiger charge is 2.05. The fourth-order valence-electron chi connectivity index (χ4n) is 1.76. The molecule has 0 radical (unpaired) electrons. The number of hydrogen-bond acceptors (Lipinski definition) is 2. The maximum atomic E-state index is 3.36. The van der Waals surface area contributed by atoms with Crippen molar-refractivity contribution in [2.75, 3.05) is 31.1 Å². The van der Waals surface area contributed by atoms with E-state index in [1.807, 2.05) is 13.8 Å². The van der Waals surface area contributed by atoms with E-state index in [1.165, 1.54) is 11.3 Å². The van der Waals surface area contributed by atoms with Crippen LogP contribution in [-0.2, 0) is 0 Å². The van der Waals surface area contributed by atoms with Crippen molar-refractivity contribution >= 4 is 5.69 Å². The third kappa shape index (κ3) is 5.73. The first kappa shape index (κ1) is 16.0. The highest BCUT2D eigenvalue weighted by molar-refractivity contribution is 5.52. The summed E-state index contributed by atoms with van der Waals surface area (Å²) in [6, 6.07) is 8.57. The van der Waals surface area contributed by atoms with Crippen LogP contribution in [0.25, 0.3) is 0 Å². The third-order valence-corrected chi connectivity index (χ3v) is 2.65. The van der Waals surface area contributed by atoms with E-state index < -0.39 is 0 Å². The molecule has 0 atom stereocenters. The van der Waals surface area contributed by atoms with E-state index in [4.69, 9.17) is 0 Å². The zero-order valence-corrected chi connectivity index (χ0v) is 12.1. The molecule has 2 heteroatoms. The lowest BCUT2D eigenvalue weighted by molar-refractivity contribution is 0.687. The van der Waals surface area contributed by atoms with Gasteiger partial charge in [0.25, 0.3) is 0 Å². The summed E-state index contributed by atoms with van der Waals surface area (Å²) in [7, 11) is 0. The second-order valence-electron chi connectivity index (χ2n) is 3.72. The van der Waals surface area contributed by atoms with Crippen LogP contribution in [0, 0.1) is 6.92 Å². The van der Waals surface area contributed by atoms with Gasteiger partial charge in [-0.2, -0.15) is 0 Å². The minimum Gasteiger partial charge on any atom is -0.370 e. The Bertz CT molecular complexity index is 284. The van der Waals surface area contributed by atoms with Gasteiger partial charge in [0.2, 0.25) is 0 Å². The van der Waals surface area contributed by atoms with Gasteiger partial charge in [-0.05, 0) is 32.0 Å². The molecule has 1 aromatic rings. The third-order valence-electron chi connectivity index (χ3n) is 2.65. The SMILES string of the molecule is CC.CCNCCN(CC)c1ccccc1C. The van der Waals surface area contributed by atoms with E-state index in [0.717, 1.165) is 26.2 Å². The van der Waals surface area contributed by atoms with E-state index in [9.17, 15) is 0 Å². The molecular weight excluding hydrogens is 208 g/mol. The van der Waals surface area contributed by atoms with Gasteiger partial charge >= 0.3 is 0 Å². The van der Waals surface area contributed by atoms with Crippen molar-refractivity contribution in [3.8, 4) is 0 Å². The normalized spacial score (nSPS) is 9.47. The number of nitrogens with zero attached hydrogens (tertiary/aromatic N) is 1. The lowest BCUT2D eigenvalue weighted by Gasteiger charge is -2.24. The van der Waals surface area contributed by atoms with Crippen molar-refractivity contribution < 1.29 is 0 Å². The minimum atomic E-state index is 1.05. The molecular formula is C15H28N2. The molecule has 17 heavy (non-hydrogen) atoms. The molecule has 98 valence electrons. The smallest absolute Gasteiger partial charge is 0.0396 e. The number of rotatable bonds is 6. The number of likely N-dealkylation sites (N-methyl/N-ethyl adjacent to an activating group) is 2. The van der Waals surface area contributed by atoms with Crippen molar-refractivity contribution in [3.63, 3.8) is 0 Å². The van der Waals surface area contributed by atoms with Crippen molar-refractivity contribution in [1.29, 1.82) is 0 Å². The first-order valence-electron chi connectivity index (χ1n) is 6.80. The maximum absolute atomic E-state index is 3.36. The molecule has 0 aromatic heterocycles. The first-order valence-corrected chi connectivity index (χ1v) is 6.80. The minimum absolute atomic E-state index is 1.05. The molecule has 1 rings (SSSR count). The summed E-state index contributed by atoms with van der Waals surface area (Å²) in [5.41, 5.74) is 2.72. The van der Waals surface area contributed by atoms with Gasteiger partial charge in [0.15, 0.2) is 0 Å². The molecule has 1 N–H and O–H groups in total. The highest BCUT2D eigenvalue weighted by Crippen LogP contribution is 2.18. The van der Waals surface area contributed by atoms with E-state index in [0.29, 0.717) is 0 Å². The second kappa shape index (κ2) is 10.2. The average molecular weight is 236 g/mol. The molecule has 0 unspecified atom stereocenters. The van der Waals surface area contributed by atoms with Gasteiger partial charge in [-0.1, -0.05) is 39.0 Å². The molecule has 0 heterocycles. The zero-order valence-electron chi connectivity index (χ0n) is 12.1. The zero-order chi connectivity index (χ0) is 13.1. The molecule has 0 aliphatic heterocycles. The van der Waals surface area contributed by atoms with Crippen molar-refractivity contribution in [2.45, 2.75) is 34.6 Å². The Morgan fingerprint density at radius 3 is 2.29 bits per heavy atom. The van der Waals surface area contributed by atoms with Gasteiger partial charge in [0, 0.05) is 25.3 Å². The fourth-order valence-corrected chi connectivity index (χ4v) is 1.76. The summed E-state index contributed by atoms with van der Waals surface area (Å²) in [4.78, 5) is 2.41. The Hall–Kier alpha value is -1.02. The Balaban J connectivity index is 0.00000121. The molecule has 0 fully saturated rings. The van der Waals surface area contributed by atoms with Gasteiger partial charge in [-0.25, -0.2) is 0 Å². The van der Waals surface area contributed by atoms with Crippen LogP contribution >= 0.6 is 0 Å². The summed E-state index contributed by atoms with van der Waals surface area (Å²) in [6.07, 6.45) is 0. The number of para-hydroxylation sites is 1. The largest absolute Gasteiger partial charge is 0.370 e. The van der Waals surface area contributed by atoms with Crippen LogP contribution < -0.4 is 10.2 Å².